The van der Waals surface area contributed by atoms with Crippen LogP contribution in [-0.2, 0) is 16.1 Å². The van der Waals surface area contributed by atoms with Gasteiger partial charge in [0.25, 0.3) is 5.91 Å². The first-order chi connectivity index (χ1) is 13.3. The number of carbonyl (C=O) groups is 2. The van der Waals surface area contributed by atoms with Crippen molar-refractivity contribution in [2.75, 3.05) is 26.5 Å². The molecule has 1 aliphatic carbocycles. The lowest BCUT2D eigenvalue weighted by Gasteiger charge is -2.36. The largest absolute Gasteiger partial charge is 0.505 e. The monoisotopic (exact) mass is 386 g/mol. The van der Waals surface area contributed by atoms with E-state index >= 15 is 0 Å². The van der Waals surface area contributed by atoms with Crippen LogP contribution in [0.4, 0.5) is 5.69 Å². The SMILES string of the molecule is COC1C(=O)C(Nc2cccc(C(=O)N(C)C)c2O)=C1N(N)Cc1ccco1. The van der Waals surface area contributed by atoms with Crippen LogP contribution >= 0.6 is 0 Å². The number of nitrogens with one attached hydrogen (secondary N) is 1. The van der Waals surface area contributed by atoms with Crippen molar-refractivity contribution in [3.05, 3.63) is 59.3 Å². The van der Waals surface area contributed by atoms with Crippen molar-refractivity contribution < 1.29 is 23.8 Å². The molecule has 9 heteroatoms. The van der Waals surface area contributed by atoms with Gasteiger partial charge in [0.15, 0.2) is 11.9 Å². The van der Waals surface area contributed by atoms with E-state index < -0.39 is 6.10 Å². The molecule has 2 aromatic rings. The third-order valence-corrected chi connectivity index (χ3v) is 4.37. The number of aromatic hydroxyl groups is 1. The molecule has 1 amide bonds. The van der Waals surface area contributed by atoms with Crippen molar-refractivity contribution in [2.45, 2.75) is 12.6 Å². The fraction of sp³-hybridized carbons (Fsp3) is 0.263. The minimum atomic E-state index is -0.823. The predicted molar refractivity (Wildman–Crippen MR) is 101 cm³/mol. The van der Waals surface area contributed by atoms with Gasteiger partial charge in [-0.2, -0.15) is 0 Å². The molecular formula is C19H22N4O5. The Morgan fingerprint density at radius 3 is 2.68 bits per heavy atom. The number of phenols is 1. The Morgan fingerprint density at radius 1 is 1.32 bits per heavy atom. The molecule has 28 heavy (non-hydrogen) atoms. The number of methoxy groups -OCH3 is 1. The Kier molecular flexibility index (Phi) is 5.39. The highest BCUT2D eigenvalue weighted by atomic mass is 16.5. The molecule has 0 radical (unpaired) electrons. The average Bonchev–Trinajstić information content (AvgIpc) is 3.17. The first-order valence-corrected chi connectivity index (χ1v) is 8.51. The van der Waals surface area contributed by atoms with Gasteiger partial charge in [0.1, 0.15) is 11.5 Å². The molecule has 0 saturated carbocycles. The number of hydrogen-bond donors (Lipinski definition) is 3. The molecule has 1 atom stereocenters. The Bertz CT molecular complexity index is 920. The fourth-order valence-corrected chi connectivity index (χ4v) is 2.92. The number of rotatable bonds is 7. The maximum atomic E-state index is 12.4. The minimum Gasteiger partial charge on any atom is -0.505 e. The molecule has 0 aliphatic heterocycles. The Hall–Kier alpha value is -3.30. The van der Waals surface area contributed by atoms with Crippen molar-refractivity contribution in [1.82, 2.24) is 9.91 Å². The molecule has 1 aromatic heterocycles. The minimum absolute atomic E-state index is 0.118. The number of nitrogens with two attached hydrogens (primary N) is 1. The van der Waals surface area contributed by atoms with E-state index in [1.165, 1.54) is 29.3 Å². The second-order valence-electron chi connectivity index (χ2n) is 6.47. The highest BCUT2D eigenvalue weighted by Gasteiger charge is 2.43. The number of para-hydroxylation sites is 1. The van der Waals surface area contributed by atoms with Crippen molar-refractivity contribution in [3.8, 4) is 5.75 Å². The standard InChI is InChI=1S/C19H22N4O5/c1-22(2)19(26)12-7-4-8-13(16(12)24)21-14-15(18(27-3)17(14)25)23(20)10-11-6-5-9-28-11/h4-9,18,21,24H,10,20H2,1-3H3. The highest BCUT2D eigenvalue weighted by Crippen LogP contribution is 2.35. The number of hydrazine groups is 1. The van der Waals surface area contributed by atoms with E-state index in [0.29, 0.717) is 11.5 Å². The molecule has 0 spiro atoms. The lowest BCUT2D eigenvalue weighted by Crippen LogP contribution is -2.50. The molecule has 148 valence electrons. The summed E-state index contributed by atoms with van der Waals surface area (Å²) in [6.45, 7) is 0.228. The van der Waals surface area contributed by atoms with E-state index in [0.717, 1.165) is 0 Å². The van der Waals surface area contributed by atoms with Crippen LogP contribution in [0.2, 0.25) is 0 Å². The number of amides is 1. The number of nitrogens with zero attached hydrogens (tertiary/aromatic N) is 2. The Balaban J connectivity index is 1.91. The number of anilines is 1. The third-order valence-electron chi connectivity index (χ3n) is 4.37. The lowest BCUT2D eigenvalue weighted by molar-refractivity contribution is -0.127. The normalized spacial score (nSPS) is 16.0. The van der Waals surface area contributed by atoms with Gasteiger partial charge in [0.05, 0.1) is 29.8 Å². The van der Waals surface area contributed by atoms with Gasteiger partial charge < -0.3 is 29.5 Å². The van der Waals surface area contributed by atoms with E-state index in [9.17, 15) is 14.7 Å². The van der Waals surface area contributed by atoms with Gasteiger partial charge in [-0.3, -0.25) is 9.59 Å². The number of ketones is 1. The van der Waals surface area contributed by atoms with Crippen molar-refractivity contribution >= 4 is 17.4 Å². The van der Waals surface area contributed by atoms with Gasteiger partial charge in [0, 0.05) is 21.2 Å². The van der Waals surface area contributed by atoms with Gasteiger partial charge in [-0.05, 0) is 24.3 Å². The zero-order chi connectivity index (χ0) is 20.4. The number of furan rings is 1. The smallest absolute Gasteiger partial charge is 0.257 e. The molecule has 4 N–H and O–H groups in total. The molecule has 1 unspecified atom stereocenters. The van der Waals surface area contributed by atoms with E-state index in [-0.39, 0.29) is 40.9 Å². The van der Waals surface area contributed by atoms with E-state index in [1.54, 1.807) is 38.4 Å². The Labute approximate surface area is 161 Å². The molecule has 1 aromatic carbocycles. The van der Waals surface area contributed by atoms with E-state index in [1.807, 2.05) is 0 Å². The van der Waals surface area contributed by atoms with Crippen LogP contribution in [0.3, 0.4) is 0 Å². The lowest BCUT2D eigenvalue weighted by atomic mass is 9.93. The summed E-state index contributed by atoms with van der Waals surface area (Å²) >= 11 is 0. The summed E-state index contributed by atoms with van der Waals surface area (Å²) < 4.78 is 10.5. The second kappa shape index (κ2) is 7.75. The number of ether oxygens (including phenoxy) is 1. The molecule has 0 fully saturated rings. The van der Waals surface area contributed by atoms with Crippen molar-refractivity contribution in [3.63, 3.8) is 0 Å². The first kappa shape index (κ1) is 19.5. The number of hydrogen-bond acceptors (Lipinski definition) is 8. The summed E-state index contributed by atoms with van der Waals surface area (Å²) in [6, 6.07) is 8.18. The molecule has 1 heterocycles. The van der Waals surface area contributed by atoms with Crippen LogP contribution < -0.4 is 11.2 Å². The zero-order valence-corrected chi connectivity index (χ0v) is 15.8. The molecule has 1 aliphatic rings. The van der Waals surface area contributed by atoms with Crippen LogP contribution in [0.25, 0.3) is 0 Å². The van der Waals surface area contributed by atoms with E-state index in [4.69, 9.17) is 15.0 Å². The molecule has 3 rings (SSSR count). The van der Waals surface area contributed by atoms with Gasteiger partial charge in [-0.25, -0.2) is 5.84 Å². The van der Waals surface area contributed by atoms with E-state index in [2.05, 4.69) is 5.32 Å². The average molecular weight is 386 g/mol. The van der Waals surface area contributed by atoms with Crippen LogP contribution in [-0.4, -0.2) is 54.0 Å². The van der Waals surface area contributed by atoms with Gasteiger partial charge >= 0.3 is 0 Å². The fourth-order valence-electron chi connectivity index (χ4n) is 2.92. The maximum absolute atomic E-state index is 12.4. The summed E-state index contributed by atoms with van der Waals surface area (Å²) in [5.41, 5.74) is 0.945. The highest BCUT2D eigenvalue weighted by molar-refractivity contribution is 6.11. The summed E-state index contributed by atoms with van der Waals surface area (Å²) in [7, 11) is 4.58. The molecule has 9 nitrogen and oxygen atoms in total. The van der Waals surface area contributed by atoms with Gasteiger partial charge in [-0.15, -0.1) is 0 Å². The molecular weight excluding hydrogens is 364 g/mol. The molecule has 0 saturated heterocycles. The van der Waals surface area contributed by atoms with Crippen LogP contribution in [0, 0.1) is 0 Å². The predicted octanol–water partition coefficient (Wildman–Crippen LogP) is 1.28. The number of benzene rings is 1. The van der Waals surface area contributed by atoms with Crippen molar-refractivity contribution in [1.29, 1.82) is 0 Å². The topological polar surface area (TPSA) is 121 Å². The number of carbonyl (C=O) groups excluding carboxylic acids is 2. The quantitative estimate of drug-likeness (QED) is 0.370. The Morgan fingerprint density at radius 2 is 2.07 bits per heavy atom. The summed E-state index contributed by atoms with van der Waals surface area (Å²) in [6.07, 6.45) is 0.707. The van der Waals surface area contributed by atoms with Gasteiger partial charge in [-0.1, -0.05) is 6.07 Å². The summed E-state index contributed by atoms with van der Waals surface area (Å²) in [5.74, 6) is 5.81. The summed E-state index contributed by atoms with van der Waals surface area (Å²) in [5, 5.41) is 14.7. The number of phenolic OH excluding ortho intramolecular Hbond substituents is 1. The first-order valence-electron chi connectivity index (χ1n) is 8.51. The number of Topliss-reactive ketones (excluding diaryl/α,β-unsaturated/α-hetero) is 1. The zero-order valence-electron chi connectivity index (χ0n) is 15.8. The maximum Gasteiger partial charge on any atom is 0.257 e. The second-order valence-corrected chi connectivity index (χ2v) is 6.47. The summed E-state index contributed by atoms with van der Waals surface area (Å²) in [4.78, 5) is 26.0. The molecule has 0 bridgehead atoms. The van der Waals surface area contributed by atoms with Crippen LogP contribution in [0.5, 0.6) is 5.75 Å². The van der Waals surface area contributed by atoms with Gasteiger partial charge in [0.2, 0.25) is 5.78 Å². The third kappa shape index (κ3) is 3.45. The van der Waals surface area contributed by atoms with Crippen molar-refractivity contribution in [2.24, 2.45) is 5.84 Å². The van der Waals surface area contributed by atoms with Crippen LogP contribution in [0.15, 0.2) is 52.4 Å². The van der Waals surface area contributed by atoms with Crippen LogP contribution in [0.1, 0.15) is 16.1 Å².